The van der Waals surface area contributed by atoms with Crippen molar-refractivity contribution in [1.29, 1.82) is 0 Å². The summed E-state index contributed by atoms with van der Waals surface area (Å²) in [5.74, 6) is -0.709. The number of hydrogen-bond donors (Lipinski definition) is 2. The maximum Gasteiger partial charge on any atom is 0.334 e. The van der Waals surface area contributed by atoms with E-state index in [0.717, 1.165) is 10.8 Å². The highest BCUT2D eigenvalue weighted by atomic mass is 19.1. The molecule has 0 saturated carbocycles. The fourth-order valence-corrected chi connectivity index (χ4v) is 2.92. The molecule has 0 bridgehead atoms. The molecule has 1 saturated heterocycles. The largest absolute Gasteiger partial charge is 0.479 e. The highest BCUT2D eigenvalue weighted by Crippen LogP contribution is 2.32. The van der Waals surface area contributed by atoms with Gasteiger partial charge in [-0.15, -0.1) is 0 Å². The average molecular weight is 316 g/mol. The Morgan fingerprint density at radius 2 is 2.30 bits per heavy atom. The fraction of sp³-hybridized carbons (Fsp3) is 0.267. The summed E-state index contributed by atoms with van der Waals surface area (Å²) in [6, 6.07) is 4.46. The van der Waals surface area contributed by atoms with Gasteiger partial charge in [0, 0.05) is 11.9 Å². The smallest absolute Gasteiger partial charge is 0.334 e. The van der Waals surface area contributed by atoms with Crippen molar-refractivity contribution in [2.75, 3.05) is 24.6 Å². The summed E-state index contributed by atoms with van der Waals surface area (Å²) < 4.78 is 18.7. The number of halogens is 1. The van der Waals surface area contributed by atoms with Crippen molar-refractivity contribution in [3.63, 3.8) is 0 Å². The molecule has 7 nitrogen and oxygen atoms in total. The predicted molar refractivity (Wildman–Crippen MR) is 80.9 cm³/mol. The number of benzene rings is 1. The van der Waals surface area contributed by atoms with E-state index in [-0.39, 0.29) is 12.4 Å². The van der Waals surface area contributed by atoms with E-state index in [1.165, 1.54) is 18.5 Å². The lowest BCUT2D eigenvalue weighted by Gasteiger charge is -2.31. The Labute approximate surface area is 129 Å². The van der Waals surface area contributed by atoms with Crippen LogP contribution in [-0.4, -0.2) is 51.8 Å². The number of aromatic amines is 1. The van der Waals surface area contributed by atoms with Gasteiger partial charge in [0.15, 0.2) is 6.10 Å². The number of nitrogens with zero attached hydrogens (tertiary/aromatic N) is 3. The molecule has 118 valence electrons. The quantitative estimate of drug-likeness (QED) is 0.745. The summed E-state index contributed by atoms with van der Waals surface area (Å²) in [7, 11) is 0. The molecule has 0 aliphatic carbocycles. The molecule has 1 atom stereocenters. The molecule has 0 amide bonds. The molecule has 0 radical (unpaired) electrons. The number of ether oxygens (including phenoxy) is 1. The number of rotatable bonds is 2. The van der Waals surface area contributed by atoms with Gasteiger partial charge < -0.3 is 19.7 Å². The van der Waals surface area contributed by atoms with Gasteiger partial charge >= 0.3 is 5.97 Å². The Morgan fingerprint density at radius 3 is 3.13 bits per heavy atom. The van der Waals surface area contributed by atoms with Gasteiger partial charge in [-0.05, 0) is 18.2 Å². The number of anilines is 1. The first-order valence-corrected chi connectivity index (χ1v) is 7.15. The molecule has 2 aromatic heterocycles. The highest BCUT2D eigenvalue weighted by molar-refractivity contribution is 6.11. The zero-order chi connectivity index (χ0) is 16.0. The van der Waals surface area contributed by atoms with Crippen molar-refractivity contribution in [3.8, 4) is 0 Å². The minimum Gasteiger partial charge on any atom is -0.479 e. The van der Waals surface area contributed by atoms with Crippen LogP contribution >= 0.6 is 0 Å². The lowest BCUT2D eigenvalue weighted by Crippen LogP contribution is -2.46. The number of carboxylic acid groups (broad SMARTS) is 1. The molecule has 23 heavy (non-hydrogen) atoms. The average Bonchev–Trinajstić information content (AvgIpc) is 2.92. The van der Waals surface area contributed by atoms with Crippen molar-refractivity contribution in [1.82, 2.24) is 15.0 Å². The van der Waals surface area contributed by atoms with Crippen molar-refractivity contribution in [2.24, 2.45) is 0 Å². The van der Waals surface area contributed by atoms with Crippen LogP contribution in [0, 0.1) is 5.82 Å². The molecule has 3 aromatic rings. The molecule has 4 rings (SSSR count). The third-order valence-corrected chi connectivity index (χ3v) is 3.97. The van der Waals surface area contributed by atoms with E-state index in [1.54, 1.807) is 6.07 Å². The van der Waals surface area contributed by atoms with E-state index in [0.29, 0.717) is 30.1 Å². The Morgan fingerprint density at radius 1 is 1.43 bits per heavy atom. The lowest BCUT2D eigenvalue weighted by molar-refractivity contribution is -0.150. The van der Waals surface area contributed by atoms with Crippen molar-refractivity contribution in [2.45, 2.75) is 6.10 Å². The van der Waals surface area contributed by atoms with Gasteiger partial charge in [0.2, 0.25) is 0 Å². The first-order chi connectivity index (χ1) is 11.1. The van der Waals surface area contributed by atoms with Crippen LogP contribution < -0.4 is 4.90 Å². The predicted octanol–water partition coefficient (Wildman–Crippen LogP) is 1.54. The molecule has 8 heteroatoms. The molecule has 1 aliphatic rings. The summed E-state index contributed by atoms with van der Waals surface area (Å²) in [6.07, 6.45) is 0.519. The SMILES string of the molecule is O=C(O)[C@H]1CN(c2ncnc3[nH]c4cc(F)ccc4c23)CCO1. The van der Waals surface area contributed by atoms with Crippen LogP contribution in [0.2, 0.25) is 0 Å². The number of morpholine rings is 1. The summed E-state index contributed by atoms with van der Waals surface area (Å²) in [5.41, 5.74) is 1.22. The van der Waals surface area contributed by atoms with Gasteiger partial charge in [0.25, 0.3) is 0 Å². The molecule has 0 spiro atoms. The second kappa shape index (κ2) is 5.17. The third kappa shape index (κ3) is 2.27. The number of H-pyrrole nitrogens is 1. The van der Waals surface area contributed by atoms with Crippen LogP contribution in [-0.2, 0) is 9.53 Å². The van der Waals surface area contributed by atoms with Crippen molar-refractivity contribution in [3.05, 3.63) is 30.3 Å². The van der Waals surface area contributed by atoms with Crippen LogP contribution in [0.1, 0.15) is 0 Å². The van der Waals surface area contributed by atoms with Crippen LogP contribution in [0.5, 0.6) is 0 Å². The van der Waals surface area contributed by atoms with E-state index in [2.05, 4.69) is 15.0 Å². The van der Waals surface area contributed by atoms with Gasteiger partial charge in [0.05, 0.1) is 24.1 Å². The number of carbonyl (C=O) groups is 1. The summed E-state index contributed by atoms with van der Waals surface area (Å²) in [6.45, 7) is 1.04. The van der Waals surface area contributed by atoms with Crippen LogP contribution in [0.3, 0.4) is 0 Å². The summed E-state index contributed by atoms with van der Waals surface area (Å²) in [5, 5.41) is 10.7. The number of aromatic nitrogens is 3. The van der Waals surface area contributed by atoms with E-state index in [4.69, 9.17) is 9.84 Å². The van der Waals surface area contributed by atoms with Gasteiger partial charge in [-0.1, -0.05) is 0 Å². The van der Waals surface area contributed by atoms with Gasteiger partial charge in [-0.2, -0.15) is 0 Å². The Bertz CT molecular complexity index is 910. The summed E-state index contributed by atoms with van der Waals surface area (Å²) >= 11 is 0. The Hall–Kier alpha value is -2.74. The zero-order valence-electron chi connectivity index (χ0n) is 12.0. The third-order valence-electron chi connectivity index (χ3n) is 3.97. The molecule has 1 aromatic carbocycles. The zero-order valence-corrected chi connectivity index (χ0v) is 12.0. The second-order valence-electron chi connectivity index (χ2n) is 5.38. The van der Waals surface area contributed by atoms with E-state index in [9.17, 15) is 9.18 Å². The number of hydrogen-bond acceptors (Lipinski definition) is 5. The molecule has 2 N–H and O–H groups in total. The highest BCUT2D eigenvalue weighted by Gasteiger charge is 2.28. The van der Waals surface area contributed by atoms with Gasteiger partial charge in [-0.25, -0.2) is 19.2 Å². The van der Waals surface area contributed by atoms with E-state index in [1.807, 2.05) is 4.90 Å². The second-order valence-corrected chi connectivity index (χ2v) is 5.38. The van der Waals surface area contributed by atoms with E-state index < -0.39 is 12.1 Å². The Balaban J connectivity index is 1.86. The molecule has 1 fully saturated rings. The first kappa shape index (κ1) is 13.9. The molecule has 1 aliphatic heterocycles. The molecule has 0 unspecified atom stereocenters. The first-order valence-electron chi connectivity index (χ1n) is 7.15. The number of carboxylic acids is 1. The van der Waals surface area contributed by atoms with Crippen LogP contribution in [0.4, 0.5) is 10.2 Å². The minimum atomic E-state index is -0.999. The molecular formula is C15H13FN4O3. The monoisotopic (exact) mass is 316 g/mol. The van der Waals surface area contributed by atoms with Gasteiger partial charge in [0.1, 0.15) is 23.6 Å². The normalized spacial score (nSPS) is 18.7. The lowest BCUT2D eigenvalue weighted by atomic mass is 10.2. The molecular weight excluding hydrogens is 303 g/mol. The summed E-state index contributed by atoms with van der Waals surface area (Å²) in [4.78, 5) is 24.6. The minimum absolute atomic E-state index is 0.204. The molecule has 3 heterocycles. The van der Waals surface area contributed by atoms with Crippen molar-refractivity contribution >= 4 is 33.7 Å². The fourth-order valence-electron chi connectivity index (χ4n) is 2.92. The Kier molecular flexibility index (Phi) is 3.12. The maximum atomic E-state index is 13.4. The standard InChI is InChI=1S/C15H13FN4O3/c16-8-1-2-9-10(5-8)19-13-12(9)14(18-7-17-13)20-3-4-23-11(6-20)15(21)22/h1-2,5,7,11H,3-4,6H2,(H,21,22)(H,17,18,19)/t11-/m1/s1. The number of nitrogens with one attached hydrogen (secondary N) is 1. The van der Waals surface area contributed by atoms with Crippen LogP contribution in [0.15, 0.2) is 24.5 Å². The van der Waals surface area contributed by atoms with Gasteiger partial charge in [-0.3, -0.25) is 0 Å². The maximum absolute atomic E-state index is 13.4. The van der Waals surface area contributed by atoms with E-state index >= 15 is 0 Å². The topological polar surface area (TPSA) is 91.3 Å². The number of fused-ring (bicyclic) bond motifs is 3. The van der Waals surface area contributed by atoms with Crippen LogP contribution in [0.25, 0.3) is 21.9 Å². The van der Waals surface area contributed by atoms with Crippen molar-refractivity contribution < 1.29 is 19.0 Å². The number of aliphatic carboxylic acids is 1.